The molecule has 4 rings (SSSR count). The molecule has 3 aromatic rings. The van der Waals surface area contributed by atoms with Crippen LogP contribution in [0.4, 0.5) is 8.78 Å². The van der Waals surface area contributed by atoms with Gasteiger partial charge in [-0.1, -0.05) is 24.3 Å². The molecule has 0 radical (unpaired) electrons. The van der Waals surface area contributed by atoms with Crippen LogP contribution in [0.15, 0.2) is 60.7 Å². The second kappa shape index (κ2) is 8.35. The number of nitrogens with zero attached hydrogens (tertiary/aromatic N) is 2. The predicted molar refractivity (Wildman–Crippen MR) is 120 cm³/mol. The SMILES string of the molecule is C=CCN1C(=O)/C(=C/c2c(Oc3ccc(F)cc3F)n(C)c3ccccc23)C(=O)NC1=S. The van der Waals surface area contributed by atoms with Crippen molar-refractivity contribution in [3.8, 4) is 11.6 Å². The summed E-state index contributed by atoms with van der Waals surface area (Å²) in [5.74, 6) is -2.91. The molecule has 1 saturated heterocycles. The number of hydrogen-bond donors (Lipinski definition) is 1. The molecule has 0 saturated carbocycles. The summed E-state index contributed by atoms with van der Waals surface area (Å²) in [7, 11) is 1.70. The van der Waals surface area contributed by atoms with Crippen molar-refractivity contribution in [2.45, 2.75) is 0 Å². The first-order valence-electron chi connectivity index (χ1n) is 9.52. The third-order valence-electron chi connectivity index (χ3n) is 4.98. The molecule has 162 valence electrons. The molecule has 0 spiro atoms. The number of thiocarbonyl (C=S) groups is 1. The summed E-state index contributed by atoms with van der Waals surface area (Å²) in [5.41, 5.74) is 0.942. The number of carbonyl (C=O) groups is 2. The Hall–Kier alpha value is -3.85. The van der Waals surface area contributed by atoms with Gasteiger partial charge in [-0.25, -0.2) is 8.78 Å². The highest BCUT2D eigenvalue weighted by molar-refractivity contribution is 7.80. The van der Waals surface area contributed by atoms with Gasteiger partial charge < -0.3 is 9.30 Å². The van der Waals surface area contributed by atoms with Crippen LogP contribution in [0, 0.1) is 11.6 Å². The first kappa shape index (κ1) is 21.4. The van der Waals surface area contributed by atoms with Crippen LogP contribution in [-0.4, -0.2) is 32.9 Å². The molecule has 1 aromatic heterocycles. The van der Waals surface area contributed by atoms with Gasteiger partial charge in [-0.05, 0) is 36.5 Å². The largest absolute Gasteiger partial charge is 0.437 e. The molecule has 6 nitrogen and oxygen atoms in total. The van der Waals surface area contributed by atoms with Crippen molar-refractivity contribution in [1.29, 1.82) is 0 Å². The second-order valence-corrected chi connectivity index (χ2v) is 7.38. The molecule has 9 heteroatoms. The fourth-order valence-corrected chi connectivity index (χ4v) is 3.71. The molecule has 2 aromatic carbocycles. The summed E-state index contributed by atoms with van der Waals surface area (Å²) in [5, 5.41) is 3.14. The fourth-order valence-electron chi connectivity index (χ4n) is 3.46. The lowest BCUT2D eigenvalue weighted by Crippen LogP contribution is -2.53. The normalized spacial score (nSPS) is 15.4. The van der Waals surface area contributed by atoms with Crippen LogP contribution in [-0.2, 0) is 16.6 Å². The first-order chi connectivity index (χ1) is 15.3. The molecule has 1 N–H and O–H groups in total. The van der Waals surface area contributed by atoms with Gasteiger partial charge in [0.2, 0.25) is 5.88 Å². The van der Waals surface area contributed by atoms with Gasteiger partial charge >= 0.3 is 0 Å². The van der Waals surface area contributed by atoms with Crippen LogP contribution in [0.1, 0.15) is 5.56 Å². The van der Waals surface area contributed by atoms with Crippen molar-refractivity contribution in [2.75, 3.05) is 6.54 Å². The van der Waals surface area contributed by atoms with Crippen molar-refractivity contribution in [3.63, 3.8) is 0 Å². The minimum Gasteiger partial charge on any atom is -0.437 e. The zero-order chi connectivity index (χ0) is 23.0. The number of rotatable bonds is 5. The summed E-state index contributed by atoms with van der Waals surface area (Å²) >= 11 is 5.08. The predicted octanol–water partition coefficient (Wildman–Crippen LogP) is 4.06. The zero-order valence-electron chi connectivity index (χ0n) is 16.9. The Morgan fingerprint density at radius 3 is 2.66 bits per heavy atom. The Balaban J connectivity index is 1.89. The third-order valence-corrected chi connectivity index (χ3v) is 5.30. The van der Waals surface area contributed by atoms with Crippen molar-refractivity contribution in [2.24, 2.45) is 7.05 Å². The molecule has 32 heavy (non-hydrogen) atoms. The number of aryl methyl sites for hydroxylation is 1. The molecule has 1 aliphatic rings. The maximum Gasteiger partial charge on any atom is 0.265 e. The van der Waals surface area contributed by atoms with Crippen molar-refractivity contribution >= 4 is 46.1 Å². The van der Waals surface area contributed by atoms with Gasteiger partial charge in [0.05, 0.1) is 5.52 Å². The van der Waals surface area contributed by atoms with Gasteiger partial charge in [-0.15, -0.1) is 6.58 Å². The van der Waals surface area contributed by atoms with E-state index in [9.17, 15) is 18.4 Å². The van der Waals surface area contributed by atoms with Crippen LogP contribution < -0.4 is 10.1 Å². The maximum absolute atomic E-state index is 14.3. The van der Waals surface area contributed by atoms with E-state index < -0.39 is 23.4 Å². The van der Waals surface area contributed by atoms with Gasteiger partial charge in [0.1, 0.15) is 11.4 Å². The van der Waals surface area contributed by atoms with E-state index in [1.807, 2.05) is 12.1 Å². The topological polar surface area (TPSA) is 63.6 Å². The van der Waals surface area contributed by atoms with E-state index in [1.165, 1.54) is 23.1 Å². The average Bonchev–Trinajstić information content (AvgIpc) is 3.02. The van der Waals surface area contributed by atoms with E-state index >= 15 is 0 Å². The third kappa shape index (κ3) is 3.67. The van der Waals surface area contributed by atoms with E-state index in [-0.39, 0.29) is 28.9 Å². The minimum atomic E-state index is -0.886. The van der Waals surface area contributed by atoms with Crippen LogP contribution in [0.3, 0.4) is 0 Å². The Labute approximate surface area is 187 Å². The Morgan fingerprint density at radius 1 is 1.19 bits per heavy atom. The first-order valence-corrected chi connectivity index (χ1v) is 9.92. The standard InChI is InChI=1S/C23H17F2N3O3S/c1-3-10-28-21(30)16(20(29)26-23(28)32)12-15-14-6-4-5-7-18(14)27(2)22(15)31-19-9-8-13(24)11-17(19)25/h3-9,11-12H,1,10H2,2H3,(H,26,29,32)/b16-12+. The Bertz CT molecular complexity index is 1330. The molecule has 0 unspecified atom stereocenters. The lowest BCUT2D eigenvalue weighted by atomic mass is 10.1. The fraction of sp³-hybridized carbons (Fsp3) is 0.0870. The lowest BCUT2D eigenvalue weighted by Gasteiger charge is -2.27. The van der Waals surface area contributed by atoms with Crippen LogP contribution in [0.2, 0.25) is 0 Å². The quantitative estimate of drug-likeness (QED) is 0.274. The van der Waals surface area contributed by atoms with E-state index in [0.717, 1.165) is 11.6 Å². The lowest BCUT2D eigenvalue weighted by molar-refractivity contribution is -0.128. The number of benzene rings is 2. The number of ether oxygens (including phenoxy) is 1. The number of halogens is 2. The van der Waals surface area contributed by atoms with Crippen molar-refractivity contribution < 1.29 is 23.1 Å². The highest BCUT2D eigenvalue weighted by atomic mass is 32.1. The van der Waals surface area contributed by atoms with Crippen molar-refractivity contribution in [1.82, 2.24) is 14.8 Å². The summed E-state index contributed by atoms with van der Waals surface area (Å²) in [4.78, 5) is 26.8. The molecule has 0 bridgehead atoms. The summed E-state index contributed by atoms with van der Waals surface area (Å²) < 4.78 is 35.1. The average molecular weight is 453 g/mol. The van der Waals surface area contributed by atoms with Gasteiger partial charge in [0.15, 0.2) is 16.7 Å². The van der Waals surface area contributed by atoms with Gasteiger partial charge in [0, 0.05) is 30.6 Å². The number of carbonyl (C=O) groups excluding carboxylic acids is 2. The van der Waals surface area contributed by atoms with Gasteiger partial charge in [-0.3, -0.25) is 19.8 Å². The van der Waals surface area contributed by atoms with E-state index in [2.05, 4.69) is 11.9 Å². The molecular weight excluding hydrogens is 436 g/mol. The molecule has 2 amide bonds. The number of hydrogen-bond acceptors (Lipinski definition) is 4. The van der Waals surface area contributed by atoms with E-state index in [4.69, 9.17) is 17.0 Å². The highest BCUT2D eigenvalue weighted by Gasteiger charge is 2.33. The summed E-state index contributed by atoms with van der Waals surface area (Å²) in [6, 6.07) is 10.1. The summed E-state index contributed by atoms with van der Waals surface area (Å²) in [6.07, 6.45) is 2.87. The smallest absolute Gasteiger partial charge is 0.265 e. The highest BCUT2D eigenvalue weighted by Crippen LogP contribution is 2.37. The van der Waals surface area contributed by atoms with Crippen molar-refractivity contribution in [3.05, 3.63) is 77.9 Å². The molecule has 2 heterocycles. The van der Waals surface area contributed by atoms with E-state index in [0.29, 0.717) is 17.0 Å². The Kier molecular flexibility index (Phi) is 5.58. The monoisotopic (exact) mass is 453 g/mol. The maximum atomic E-state index is 14.3. The number of fused-ring (bicyclic) bond motifs is 1. The number of amides is 2. The molecule has 1 fully saturated rings. The van der Waals surface area contributed by atoms with Crippen LogP contribution >= 0.6 is 12.2 Å². The minimum absolute atomic E-state index is 0.0140. The number of para-hydroxylation sites is 1. The van der Waals surface area contributed by atoms with Crippen LogP contribution in [0.25, 0.3) is 17.0 Å². The molecule has 0 atom stereocenters. The number of aromatic nitrogens is 1. The summed E-state index contributed by atoms with van der Waals surface area (Å²) in [6.45, 7) is 3.72. The molecule has 1 aliphatic heterocycles. The second-order valence-electron chi connectivity index (χ2n) is 6.99. The van der Waals surface area contributed by atoms with Gasteiger partial charge in [-0.2, -0.15) is 0 Å². The van der Waals surface area contributed by atoms with Crippen LogP contribution in [0.5, 0.6) is 11.6 Å². The zero-order valence-corrected chi connectivity index (χ0v) is 17.7. The Morgan fingerprint density at radius 2 is 1.94 bits per heavy atom. The van der Waals surface area contributed by atoms with E-state index in [1.54, 1.807) is 23.7 Å². The van der Waals surface area contributed by atoms with Gasteiger partial charge in [0.25, 0.3) is 11.8 Å². The number of nitrogens with one attached hydrogen (secondary N) is 1. The molecule has 0 aliphatic carbocycles. The molecular formula is C23H17F2N3O3S.